The third kappa shape index (κ3) is 4.02. The molecule has 6 heteroatoms. The number of rotatable bonds is 4. The molecule has 0 radical (unpaired) electrons. The molecule has 0 saturated carbocycles. The fourth-order valence-electron chi connectivity index (χ4n) is 6.45. The molecule has 0 spiro atoms. The zero-order valence-electron chi connectivity index (χ0n) is 24.6. The van der Waals surface area contributed by atoms with Gasteiger partial charge in [-0.3, -0.25) is 9.97 Å². The first-order chi connectivity index (χ1) is 21.0. The molecule has 6 nitrogen and oxygen atoms in total. The van der Waals surface area contributed by atoms with Crippen LogP contribution in [0.4, 0.5) is 0 Å². The first-order valence-electron chi connectivity index (χ1n) is 14.5. The molecule has 2 aromatic carbocycles. The van der Waals surface area contributed by atoms with Crippen molar-refractivity contribution in [3.8, 4) is 22.5 Å². The molecule has 8 aromatic rings. The van der Waals surface area contributed by atoms with Gasteiger partial charge in [-0.15, -0.1) is 0 Å². The van der Waals surface area contributed by atoms with Gasteiger partial charge < -0.3 is 8.83 Å². The third-order valence-corrected chi connectivity index (χ3v) is 8.52. The summed E-state index contributed by atoms with van der Waals surface area (Å²) in [6.45, 7) is 4.27. The van der Waals surface area contributed by atoms with Crippen LogP contribution in [0.1, 0.15) is 22.3 Å². The molecule has 0 aliphatic heterocycles. The number of pyridine rings is 4. The lowest BCUT2D eigenvalue weighted by Gasteiger charge is -2.08. The Kier molecular flexibility index (Phi) is 5.66. The van der Waals surface area contributed by atoms with E-state index in [2.05, 4.69) is 108 Å². The van der Waals surface area contributed by atoms with Gasteiger partial charge >= 0.3 is 0 Å². The van der Waals surface area contributed by atoms with Crippen LogP contribution in [0, 0.1) is 13.8 Å². The Labute approximate surface area is 248 Å². The number of aryl methyl sites for hydroxylation is 4. The molecule has 0 saturated heterocycles. The second-order valence-corrected chi connectivity index (χ2v) is 11.4. The molecule has 0 atom stereocenters. The molecule has 0 aliphatic rings. The van der Waals surface area contributed by atoms with E-state index in [1.807, 2.05) is 36.7 Å². The van der Waals surface area contributed by atoms with Crippen molar-refractivity contribution in [2.45, 2.75) is 20.3 Å². The second-order valence-electron chi connectivity index (χ2n) is 11.4. The van der Waals surface area contributed by atoms with Crippen LogP contribution in [0.15, 0.2) is 106 Å². The first-order valence-corrected chi connectivity index (χ1v) is 14.5. The van der Waals surface area contributed by atoms with E-state index in [-0.39, 0.29) is 0 Å². The van der Waals surface area contributed by atoms with E-state index in [1.165, 1.54) is 22.3 Å². The standard InChI is InChI=1S/C37H30N4O2/c1-22-9-13-26-34-30(7-5-17-38-34)42-36(26)32(22)28-15-11-24(20-40(28)3)19-25-12-16-29(41(4)21-25)33-23(2)10-14-27-35-31(43-37(27)33)8-6-18-39-35/h5-18,20-21H,19H2,1-4H3/q+2. The minimum Gasteiger partial charge on any atom is -0.453 e. The average molecular weight is 563 g/mol. The van der Waals surface area contributed by atoms with Crippen molar-refractivity contribution in [3.05, 3.63) is 120 Å². The van der Waals surface area contributed by atoms with Gasteiger partial charge in [0.15, 0.2) is 34.7 Å². The fraction of sp³-hybridized carbons (Fsp3) is 0.135. The minimum absolute atomic E-state index is 0.809. The fourth-order valence-corrected chi connectivity index (χ4v) is 6.45. The summed E-state index contributed by atoms with van der Waals surface area (Å²) in [5.41, 5.74) is 14.4. The Morgan fingerprint density at radius 1 is 0.581 bits per heavy atom. The molecular weight excluding hydrogens is 532 g/mol. The smallest absolute Gasteiger partial charge is 0.216 e. The Morgan fingerprint density at radius 2 is 1.05 bits per heavy atom. The predicted octanol–water partition coefficient (Wildman–Crippen LogP) is 7.47. The Balaban J connectivity index is 1.14. The van der Waals surface area contributed by atoms with E-state index in [9.17, 15) is 0 Å². The predicted molar refractivity (Wildman–Crippen MR) is 169 cm³/mol. The van der Waals surface area contributed by atoms with Crippen LogP contribution in [0.2, 0.25) is 0 Å². The summed E-state index contributed by atoms with van der Waals surface area (Å²) in [5, 5.41) is 2.08. The van der Waals surface area contributed by atoms with Crippen molar-refractivity contribution < 1.29 is 18.0 Å². The molecule has 0 amide bonds. The quantitative estimate of drug-likeness (QED) is 0.209. The number of hydrogen-bond acceptors (Lipinski definition) is 4. The summed E-state index contributed by atoms with van der Waals surface area (Å²) in [6, 6.07) is 25.1. The number of aromatic nitrogens is 4. The molecule has 6 aromatic heterocycles. The van der Waals surface area contributed by atoms with Crippen LogP contribution in [0.5, 0.6) is 0 Å². The molecule has 0 fully saturated rings. The average Bonchev–Trinajstić information content (AvgIpc) is 3.57. The summed E-state index contributed by atoms with van der Waals surface area (Å²) in [5.74, 6) is 0. The van der Waals surface area contributed by atoms with Gasteiger partial charge in [0, 0.05) is 52.8 Å². The van der Waals surface area contributed by atoms with Crippen LogP contribution in [0.25, 0.3) is 66.7 Å². The van der Waals surface area contributed by atoms with Crippen molar-refractivity contribution in [1.29, 1.82) is 0 Å². The van der Waals surface area contributed by atoms with Crippen LogP contribution in [0.3, 0.4) is 0 Å². The van der Waals surface area contributed by atoms with E-state index in [0.29, 0.717) is 0 Å². The summed E-state index contributed by atoms with van der Waals surface area (Å²) in [4.78, 5) is 9.14. The molecule has 0 bridgehead atoms. The van der Waals surface area contributed by atoms with Crippen molar-refractivity contribution >= 4 is 44.1 Å². The summed E-state index contributed by atoms with van der Waals surface area (Å²) < 4.78 is 17.0. The number of benzene rings is 2. The molecule has 208 valence electrons. The molecular formula is C37H30N4O2+2. The van der Waals surface area contributed by atoms with Gasteiger partial charge in [-0.1, -0.05) is 12.1 Å². The maximum atomic E-state index is 6.32. The van der Waals surface area contributed by atoms with Gasteiger partial charge in [-0.05, 0) is 73.5 Å². The van der Waals surface area contributed by atoms with Crippen LogP contribution >= 0.6 is 0 Å². The highest BCUT2D eigenvalue weighted by Gasteiger charge is 2.23. The van der Waals surface area contributed by atoms with Gasteiger partial charge in [0.05, 0.1) is 11.1 Å². The highest BCUT2D eigenvalue weighted by molar-refractivity contribution is 6.08. The monoisotopic (exact) mass is 562 g/mol. The van der Waals surface area contributed by atoms with Gasteiger partial charge in [0.1, 0.15) is 25.1 Å². The zero-order chi connectivity index (χ0) is 29.2. The minimum atomic E-state index is 0.809. The van der Waals surface area contributed by atoms with Crippen LogP contribution in [-0.2, 0) is 20.5 Å². The van der Waals surface area contributed by atoms with Gasteiger partial charge in [-0.2, -0.15) is 0 Å². The number of fused-ring (bicyclic) bond motifs is 6. The Morgan fingerprint density at radius 3 is 1.49 bits per heavy atom. The normalized spacial score (nSPS) is 11.8. The maximum absolute atomic E-state index is 6.32. The molecule has 0 N–H and O–H groups in total. The highest BCUT2D eigenvalue weighted by atomic mass is 16.3. The van der Waals surface area contributed by atoms with Crippen LogP contribution < -0.4 is 9.13 Å². The van der Waals surface area contributed by atoms with E-state index < -0.39 is 0 Å². The topological polar surface area (TPSA) is 59.8 Å². The SMILES string of the molecule is Cc1ccc2c(oc3cccnc32)c1-c1ccc(Cc2ccc(-c3c(C)ccc4c3oc3cccnc34)[n+](C)c2)c[n+]1C. The first kappa shape index (κ1) is 25.4. The molecule has 0 unspecified atom stereocenters. The number of nitrogens with zero attached hydrogens (tertiary/aromatic N) is 4. The van der Waals surface area contributed by atoms with Crippen molar-refractivity contribution in [2.24, 2.45) is 14.1 Å². The molecule has 43 heavy (non-hydrogen) atoms. The Hall–Kier alpha value is -5.36. The third-order valence-electron chi connectivity index (χ3n) is 8.52. The lowest BCUT2D eigenvalue weighted by Crippen LogP contribution is -2.32. The van der Waals surface area contributed by atoms with Crippen molar-refractivity contribution in [3.63, 3.8) is 0 Å². The van der Waals surface area contributed by atoms with E-state index in [1.54, 1.807) is 0 Å². The summed E-state index contributed by atoms with van der Waals surface area (Å²) in [7, 11) is 4.21. The van der Waals surface area contributed by atoms with Crippen LogP contribution in [-0.4, -0.2) is 9.97 Å². The van der Waals surface area contributed by atoms with E-state index >= 15 is 0 Å². The maximum Gasteiger partial charge on any atom is 0.216 e. The second kappa shape index (κ2) is 9.60. The summed E-state index contributed by atoms with van der Waals surface area (Å²) >= 11 is 0. The molecule has 8 rings (SSSR count). The molecule has 6 heterocycles. The summed E-state index contributed by atoms with van der Waals surface area (Å²) in [6.07, 6.45) is 8.88. The molecule has 0 aliphatic carbocycles. The van der Waals surface area contributed by atoms with Gasteiger partial charge in [0.25, 0.3) is 0 Å². The van der Waals surface area contributed by atoms with Gasteiger partial charge in [0.2, 0.25) is 11.4 Å². The zero-order valence-corrected chi connectivity index (χ0v) is 24.6. The highest BCUT2D eigenvalue weighted by Crippen LogP contribution is 2.37. The van der Waals surface area contributed by atoms with Gasteiger partial charge in [-0.25, -0.2) is 9.13 Å². The largest absolute Gasteiger partial charge is 0.453 e. The number of hydrogen-bond donors (Lipinski definition) is 0. The lowest BCUT2D eigenvalue weighted by molar-refractivity contribution is -0.661. The van der Waals surface area contributed by atoms with E-state index in [0.717, 1.165) is 73.1 Å². The van der Waals surface area contributed by atoms with Crippen molar-refractivity contribution in [2.75, 3.05) is 0 Å². The Bertz CT molecular complexity index is 2210. The van der Waals surface area contributed by atoms with Crippen molar-refractivity contribution in [1.82, 2.24) is 9.97 Å². The number of furan rings is 2. The van der Waals surface area contributed by atoms with E-state index in [4.69, 9.17) is 8.83 Å². The lowest BCUT2D eigenvalue weighted by atomic mass is 9.99.